The van der Waals surface area contributed by atoms with Crippen LogP contribution in [-0.2, 0) is 14.3 Å². The van der Waals surface area contributed by atoms with Gasteiger partial charge in [-0.1, -0.05) is 0 Å². The number of hydrogen-bond acceptors (Lipinski definition) is 4. The first kappa shape index (κ1) is 14.8. The van der Waals surface area contributed by atoms with Crippen molar-refractivity contribution in [3.05, 3.63) is 0 Å². The van der Waals surface area contributed by atoms with Crippen LogP contribution >= 0.6 is 11.8 Å². The normalized spacial score (nSPS) is 18.1. The molecule has 3 nitrogen and oxygen atoms in total. The summed E-state index contributed by atoms with van der Waals surface area (Å²) in [5, 5.41) is 0. The average molecular weight is 260 g/mol. The lowest BCUT2D eigenvalue weighted by atomic mass is 9.98. The molecule has 1 rings (SSSR count). The van der Waals surface area contributed by atoms with Crippen LogP contribution in [0.1, 0.15) is 40.0 Å². The van der Waals surface area contributed by atoms with Crippen molar-refractivity contribution in [1.82, 2.24) is 0 Å². The second-order valence-electron chi connectivity index (χ2n) is 4.92. The highest BCUT2D eigenvalue weighted by Gasteiger charge is 2.29. The molecule has 0 radical (unpaired) electrons. The first-order valence-electron chi connectivity index (χ1n) is 6.45. The largest absolute Gasteiger partial charge is 0.465 e. The van der Waals surface area contributed by atoms with E-state index in [4.69, 9.17) is 9.47 Å². The molecule has 0 bridgehead atoms. The molecular formula is C13H24O3S. The average Bonchev–Trinajstić information content (AvgIpc) is 2.30. The fourth-order valence-corrected chi connectivity index (χ4v) is 3.02. The lowest BCUT2D eigenvalue weighted by Gasteiger charge is -2.25. The van der Waals surface area contributed by atoms with Crippen molar-refractivity contribution in [3.63, 3.8) is 0 Å². The third-order valence-electron chi connectivity index (χ3n) is 3.10. The van der Waals surface area contributed by atoms with Crippen LogP contribution in [0.5, 0.6) is 0 Å². The molecule has 1 fully saturated rings. The molecule has 0 spiro atoms. The van der Waals surface area contributed by atoms with Gasteiger partial charge in [0.2, 0.25) is 0 Å². The van der Waals surface area contributed by atoms with E-state index in [1.807, 2.05) is 20.8 Å². The van der Waals surface area contributed by atoms with Crippen molar-refractivity contribution < 1.29 is 14.3 Å². The van der Waals surface area contributed by atoms with E-state index in [2.05, 4.69) is 0 Å². The third-order valence-corrected chi connectivity index (χ3v) is 4.43. The van der Waals surface area contributed by atoms with Crippen molar-refractivity contribution in [1.29, 1.82) is 0 Å². The number of carbonyl (C=O) groups excluding carboxylic acids is 1. The maximum absolute atomic E-state index is 11.7. The van der Waals surface area contributed by atoms with Gasteiger partial charge >= 0.3 is 5.97 Å². The van der Waals surface area contributed by atoms with Crippen molar-refractivity contribution in [3.8, 4) is 0 Å². The zero-order valence-electron chi connectivity index (χ0n) is 11.2. The SMILES string of the molecule is CCOC(=O)C(C)(C)SCCC1CCOCC1. The predicted octanol–water partition coefficient (Wildman–Crippen LogP) is 2.88. The summed E-state index contributed by atoms with van der Waals surface area (Å²) < 4.78 is 9.99. The van der Waals surface area contributed by atoms with E-state index in [-0.39, 0.29) is 5.97 Å². The van der Waals surface area contributed by atoms with Gasteiger partial charge in [-0.3, -0.25) is 4.79 Å². The van der Waals surface area contributed by atoms with Crippen LogP contribution in [0, 0.1) is 5.92 Å². The molecular weight excluding hydrogens is 236 g/mol. The minimum absolute atomic E-state index is 0.100. The fraction of sp³-hybridized carbons (Fsp3) is 0.923. The molecule has 1 heterocycles. The molecule has 4 heteroatoms. The Labute approximate surface area is 109 Å². The Balaban J connectivity index is 2.21. The van der Waals surface area contributed by atoms with Gasteiger partial charge in [-0.05, 0) is 51.7 Å². The monoisotopic (exact) mass is 260 g/mol. The predicted molar refractivity (Wildman–Crippen MR) is 71.3 cm³/mol. The van der Waals surface area contributed by atoms with Crippen LogP contribution < -0.4 is 0 Å². The smallest absolute Gasteiger partial charge is 0.321 e. The summed E-state index contributed by atoms with van der Waals surface area (Å²) in [6.45, 7) is 8.00. The third kappa shape index (κ3) is 5.30. The maximum atomic E-state index is 11.7. The second-order valence-corrected chi connectivity index (χ2v) is 6.64. The Hall–Kier alpha value is -0.220. The molecule has 1 aliphatic heterocycles. The molecule has 0 atom stereocenters. The first-order valence-corrected chi connectivity index (χ1v) is 7.43. The molecule has 100 valence electrons. The lowest BCUT2D eigenvalue weighted by molar-refractivity contribution is -0.145. The topological polar surface area (TPSA) is 35.5 Å². The number of rotatable bonds is 6. The number of ether oxygens (including phenoxy) is 2. The quantitative estimate of drug-likeness (QED) is 0.688. The van der Waals surface area contributed by atoms with Gasteiger partial charge in [-0.2, -0.15) is 0 Å². The van der Waals surface area contributed by atoms with E-state index >= 15 is 0 Å². The van der Waals surface area contributed by atoms with Crippen LogP contribution in [0.4, 0.5) is 0 Å². The van der Waals surface area contributed by atoms with Gasteiger partial charge in [0.25, 0.3) is 0 Å². The summed E-state index contributed by atoms with van der Waals surface area (Å²) in [5.41, 5.74) is 0. The van der Waals surface area contributed by atoms with Crippen LogP contribution in [0.3, 0.4) is 0 Å². The van der Waals surface area contributed by atoms with Crippen molar-refractivity contribution in [2.75, 3.05) is 25.6 Å². The molecule has 1 aliphatic rings. The molecule has 17 heavy (non-hydrogen) atoms. The van der Waals surface area contributed by atoms with Gasteiger partial charge in [0.1, 0.15) is 4.75 Å². The van der Waals surface area contributed by atoms with Crippen LogP contribution in [-0.4, -0.2) is 36.3 Å². The summed E-state index contributed by atoms with van der Waals surface area (Å²) >= 11 is 1.71. The highest BCUT2D eigenvalue weighted by molar-refractivity contribution is 8.01. The van der Waals surface area contributed by atoms with Crippen molar-refractivity contribution >= 4 is 17.7 Å². The van der Waals surface area contributed by atoms with Gasteiger partial charge < -0.3 is 9.47 Å². The summed E-state index contributed by atoms with van der Waals surface area (Å²) in [6.07, 6.45) is 3.51. The van der Waals surface area contributed by atoms with Gasteiger partial charge in [-0.15, -0.1) is 11.8 Å². The van der Waals surface area contributed by atoms with E-state index in [0.29, 0.717) is 6.61 Å². The molecule has 0 N–H and O–H groups in total. The maximum Gasteiger partial charge on any atom is 0.321 e. The van der Waals surface area contributed by atoms with Crippen molar-refractivity contribution in [2.24, 2.45) is 5.92 Å². The molecule has 0 aliphatic carbocycles. The summed E-state index contributed by atoms with van der Waals surface area (Å²) in [5.74, 6) is 1.70. The summed E-state index contributed by atoms with van der Waals surface area (Å²) in [4.78, 5) is 11.7. The zero-order valence-corrected chi connectivity index (χ0v) is 12.0. The second kappa shape index (κ2) is 7.27. The van der Waals surface area contributed by atoms with Gasteiger partial charge in [0.05, 0.1) is 6.61 Å². The standard InChI is InChI=1S/C13H24O3S/c1-4-16-12(14)13(2,3)17-10-7-11-5-8-15-9-6-11/h11H,4-10H2,1-3H3. The van der Waals surface area contributed by atoms with E-state index < -0.39 is 4.75 Å². The van der Waals surface area contributed by atoms with E-state index in [1.54, 1.807) is 11.8 Å². The zero-order chi connectivity index (χ0) is 12.7. The Morgan fingerprint density at radius 2 is 2.06 bits per heavy atom. The highest BCUT2D eigenvalue weighted by Crippen LogP contribution is 2.29. The van der Waals surface area contributed by atoms with Crippen LogP contribution in [0.15, 0.2) is 0 Å². The molecule has 0 saturated carbocycles. The number of carbonyl (C=O) groups is 1. The molecule has 0 amide bonds. The minimum Gasteiger partial charge on any atom is -0.465 e. The Morgan fingerprint density at radius 3 is 2.65 bits per heavy atom. The van der Waals surface area contributed by atoms with Gasteiger partial charge in [-0.25, -0.2) is 0 Å². The van der Waals surface area contributed by atoms with Crippen molar-refractivity contribution in [2.45, 2.75) is 44.8 Å². The summed E-state index contributed by atoms with van der Waals surface area (Å²) in [7, 11) is 0. The van der Waals surface area contributed by atoms with E-state index in [0.717, 1.165) is 24.9 Å². The Bertz CT molecular complexity index is 235. The molecule has 0 unspecified atom stereocenters. The molecule has 0 aromatic heterocycles. The van der Waals surface area contributed by atoms with Crippen LogP contribution in [0.2, 0.25) is 0 Å². The minimum atomic E-state index is -0.415. The molecule has 0 aromatic rings. The Morgan fingerprint density at radius 1 is 1.41 bits per heavy atom. The Kier molecular flexibility index (Phi) is 6.34. The fourth-order valence-electron chi connectivity index (χ4n) is 1.88. The van der Waals surface area contributed by atoms with Gasteiger partial charge in [0, 0.05) is 13.2 Å². The molecule has 1 saturated heterocycles. The first-order chi connectivity index (χ1) is 8.06. The van der Waals surface area contributed by atoms with Gasteiger partial charge in [0.15, 0.2) is 0 Å². The highest BCUT2D eigenvalue weighted by atomic mass is 32.2. The summed E-state index contributed by atoms with van der Waals surface area (Å²) in [6, 6.07) is 0. The number of hydrogen-bond donors (Lipinski definition) is 0. The number of esters is 1. The van der Waals surface area contributed by atoms with E-state index in [9.17, 15) is 4.79 Å². The number of thioether (sulfide) groups is 1. The molecule has 0 aromatic carbocycles. The lowest BCUT2D eigenvalue weighted by Crippen LogP contribution is -2.30. The van der Waals surface area contributed by atoms with Crippen LogP contribution in [0.25, 0.3) is 0 Å². The van der Waals surface area contributed by atoms with E-state index in [1.165, 1.54) is 19.3 Å².